The molecule has 0 unspecified atom stereocenters. The second-order valence-electron chi connectivity index (χ2n) is 11.2. The number of aromatic amines is 1. The summed E-state index contributed by atoms with van der Waals surface area (Å²) in [6.45, 7) is 16.7. The number of ether oxygens (including phenoxy) is 1. The molecule has 3 aromatic rings. The molecule has 0 bridgehead atoms. The van der Waals surface area contributed by atoms with Crippen LogP contribution < -0.4 is 5.32 Å². The number of alkyl carbamates (subject to hydrolysis) is 1. The second-order valence-corrected chi connectivity index (χ2v) is 12.2. The Labute approximate surface area is 213 Å². The summed E-state index contributed by atoms with van der Waals surface area (Å²) in [6, 6.07) is 8.53. The van der Waals surface area contributed by atoms with E-state index in [4.69, 9.17) is 9.72 Å². The predicted molar refractivity (Wildman–Crippen MR) is 144 cm³/mol. The molecule has 1 amide bonds. The van der Waals surface area contributed by atoms with Crippen molar-refractivity contribution in [3.63, 3.8) is 0 Å². The lowest BCUT2D eigenvalue weighted by atomic mass is 9.85. The first-order valence-corrected chi connectivity index (χ1v) is 13.0. The minimum Gasteiger partial charge on any atom is -0.445 e. The quantitative estimate of drug-likeness (QED) is 0.346. The van der Waals surface area contributed by atoms with Gasteiger partial charge in [0.15, 0.2) is 5.16 Å². The average Bonchev–Trinajstić information content (AvgIpc) is 3.24. The molecular weight excluding hydrogens is 456 g/mol. The number of hydrogen-bond acceptors (Lipinski definition) is 5. The summed E-state index contributed by atoms with van der Waals surface area (Å²) in [4.78, 5) is 25.2. The van der Waals surface area contributed by atoms with Crippen molar-refractivity contribution in [1.29, 1.82) is 0 Å². The van der Waals surface area contributed by atoms with Gasteiger partial charge in [-0.1, -0.05) is 62.4 Å². The molecule has 0 radical (unpaired) electrons. The summed E-state index contributed by atoms with van der Waals surface area (Å²) in [5.74, 6) is 0.701. The first kappa shape index (κ1) is 26.8. The van der Waals surface area contributed by atoms with E-state index in [1.54, 1.807) is 18.0 Å². The van der Waals surface area contributed by atoms with Gasteiger partial charge in [0.25, 0.3) is 0 Å². The van der Waals surface area contributed by atoms with E-state index in [1.165, 1.54) is 5.56 Å². The van der Waals surface area contributed by atoms with Gasteiger partial charge in [0.05, 0.1) is 0 Å². The zero-order valence-electron chi connectivity index (χ0n) is 22.2. The van der Waals surface area contributed by atoms with Crippen LogP contribution in [-0.2, 0) is 23.5 Å². The monoisotopic (exact) mass is 494 g/mol. The number of aromatic nitrogens is 3. The van der Waals surface area contributed by atoms with E-state index in [9.17, 15) is 4.79 Å². The Kier molecular flexibility index (Phi) is 8.31. The highest BCUT2D eigenvalue weighted by atomic mass is 32.2. The van der Waals surface area contributed by atoms with Crippen LogP contribution in [0, 0.1) is 19.3 Å². The molecular formula is C28H38N4O2S. The van der Waals surface area contributed by atoms with Crippen molar-refractivity contribution in [3.05, 3.63) is 64.7 Å². The number of carbonyl (C=O) groups is 1. The van der Waals surface area contributed by atoms with Crippen LogP contribution in [-0.4, -0.2) is 26.6 Å². The molecule has 0 spiro atoms. The number of nitrogens with zero attached hydrogens (tertiary/aromatic N) is 2. The smallest absolute Gasteiger partial charge is 0.407 e. The molecule has 6 nitrogen and oxygen atoms in total. The number of nitrogens with one attached hydrogen (secondary N) is 2. The zero-order chi connectivity index (χ0) is 25.8. The molecule has 0 saturated carbocycles. The maximum absolute atomic E-state index is 12.6. The minimum absolute atomic E-state index is 0.0246. The zero-order valence-corrected chi connectivity index (χ0v) is 23.0. The Morgan fingerprint density at radius 3 is 2.31 bits per heavy atom. The Morgan fingerprint density at radius 1 is 1.06 bits per heavy atom. The van der Waals surface area contributed by atoms with Gasteiger partial charge in [-0.2, -0.15) is 0 Å². The summed E-state index contributed by atoms with van der Waals surface area (Å²) >= 11 is 1.64. The van der Waals surface area contributed by atoms with Gasteiger partial charge in [0, 0.05) is 40.6 Å². The van der Waals surface area contributed by atoms with Gasteiger partial charge in [0.1, 0.15) is 6.61 Å². The average molecular weight is 495 g/mol. The van der Waals surface area contributed by atoms with Crippen LogP contribution in [0.3, 0.4) is 0 Å². The SMILES string of the molecule is Cc1ccc(-c2c(CSc3ncc[nH]3)c(C)nc(CC(C)(C)C)c2COC(=O)NC(C)(C)C)cc1. The lowest BCUT2D eigenvalue weighted by Gasteiger charge is -2.25. The molecule has 7 heteroatoms. The molecule has 1 aromatic carbocycles. The highest BCUT2D eigenvalue weighted by molar-refractivity contribution is 7.98. The number of aryl methyl sites for hydroxylation is 2. The number of amides is 1. The van der Waals surface area contributed by atoms with Crippen molar-refractivity contribution < 1.29 is 9.53 Å². The molecule has 0 fully saturated rings. The standard InChI is InChI=1S/C28H38N4O2S/c1-18-9-11-20(12-10-18)24-21(16-34-26(33)32-28(6,7)8)23(15-27(3,4)5)31-19(2)22(24)17-35-25-29-13-14-30-25/h9-14H,15-17H2,1-8H3,(H,29,30)(H,32,33). The Bertz CT molecular complexity index is 1140. The molecule has 188 valence electrons. The van der Waals surface area contributed by atoms with E-state index >= 15 is 0 Å². The Balaban J connectivity index is 2.12. The maximum Gasteiger partial charge on any atom is 0.407 e. The third kappa shape index (κ3) is 7.85. The number of H-pyrrole nitrogens is 1. The number of pyridine rings is 1. The number of carbonyl (C=O) groups excluding carboxylic acids is 1. The van der Waals surface area contributed by atoms with E-state index in [0.717, 1.165) is 45.2 Å². The molecule has 2 aromatic heterocycles. The van der Waals surface area contributed by atoms with Crippen molar-refractivity contribution in [1.82, 2.24) is 20.3 Å². The summed E-state index contributed by atoms with van der Waals surface area (Å²) in [7, 11) is 0. The van der Waals surface area contributed by atoms with Gasteiger partial charge in [-0.25, -0.2) is 9.78 Å². The van der Waals surface area contributed by atoms with Gasteiger partial charge in [0.2, 0.25) is 0 Å². The van der Waals surface area contributed by atoms with Gasteiger partial charge in [-0.05, 0) is 63.1 Å². The van der Waals surface area contributed by atoms with Gasteiger partial charge in [-0.15, -0.1) is 0 Å². The molecule has 0 aliphatic heterocycles. The summed E-state index contributed by atoms with van der Waals surface area (Å²) < 4.78 is 5.78. The van der Waals surface area contributed by atoms with Crippen LogP contribution in [0.1, 0.15) is 69.6 Å². The first-order chi connectivity index (χ1) is 16.3. The van der Waals surface area contributed by atoms with E-state index in [-0.39, 0.29) is 17.6 Å². The maximum atomic E-state index is 12.6. The van der Waals surface area contributed by atoms with Crippen molar-refractivity contribution in [2.24, 2.45) is 5.41 Å². The van der Waals surface area contributed by atoms with Crippen molar-refractivity contribution >= 4 is 17.9 Å². The summed E-state index contributed by atoms with van der Waals surface area (Å²) in [5.41, 5.74) is 7.10. The lowest BCUT2D eigenvalue weighted by molar-refractivity contribution is 0.131. The number of rotatable bonds is 7. The first-order valence-electron chi connectivity index (χ1n) is 12.0. The second kappa shape index (κ2) is 10.9. The highest BCUT2D eigenvalue weighted by Crippen LogP contribution is 2.37. The van der Waals surface area contributed by atoms with Crippen LogP contribution >= 0.6 is 11.8 Å². The van der Waals surface area contributed by atoms with Gasteiger partial charge < -0.3 is 15.0 Å². The fraction of sp³-hybridized carbons (Fsp3) is 0.464. The number of imidazole rings is 1. The third-order valence-corrected chi connectivity index (χ3v) is 6.31. The fourth-order valence-electron chi connectivity index (χ4n) is 3.84. The van der Waals surface area contributed by atoms with Crippen LogP contribution in [0.4, 0.5) is 4.79 Å². The number of hydrogen-bond donors (Lipinski definition) is 2. The molecule has 3 rings (SSSR count). The molecule has 0 atom stereocenters. The Hall–Kier alpha value is -2.80. The predicted octanol–water partition coefficient (Wildman–Crippen LogP) is 6.99. The van der Waals surface area contributed by atoms with E-state index < -0.39 is 6.09 Å². The summed E-state index contributed by atoms with van der Waals surface area (Å²) in [6.07, 6.45) is 3.93. The third-order valence-electron chi connectivity index (χ3n) is 5.38. The molecule has 0 saturated heterocycles. The molecule has 0 aliphatic rings. The van der Waals surface area contributed by atoms with Gasteiger partial charge >= 0.3 is 6.09 Å². The summed E-state index contributed by atoms with van der Waals surface area (Å²) in [5, 5.41) is 3.76. The van der Waals surface area contributed by atoms with E-state index in [0.29, 0.717) is 5.75 Å². The van der Waals surface area contributed by atoms with Gasteiger partial charge in [-0.3, -0.25) is 4.98 Å². The molecule has 2 heterocycles. The Morgan fingerprint density at radius 2 is 1.74 bits per heavy atom. The van der Waals surface area contributed by atoms with Crippen LogP contribution in [0.15, 0.2) is 41.8 Å². The topological polar surface area (TPSA) is 79.9 Å². The number of thioether (sulfide) groups is 1. The van der Waals surface area contributed by atoms with Crippen molar-refractivity contribution in [2.75, 3.05) is 0 Å². The lowest BCUT2D eigenvalue weighted by Crippen LogP contribution is -2.40. The molecule has 35 heavy (non-hydrogen) atoms. The minimum atomic E-state index is -0.429. The van der Waals surface area contributed by atoms with Crippen molar-refractivity contribution in [2.45, 2.75) is 84.9 Å². The highest BCUT2D eigenvalue weighted by Gasteiger charge is 2.24. The molecule has 2 N–H and O–H groups in total. The van der Waals surface area contributed by atoms with Crippen LogP contribution in [0.5, 0.6) is 0 Å². The largest absolute Gasteiger partial charge is 0.445 e. The molecule has 0 aliphatic carbocycles. The normalized spacial score (nSPS) is 12.0. The van der Waals surface area contributed by atoms with E-state index in [1.807, 2.05) is 27.0 Å². The van der Waals surface area contributed by atoms with Crippen molar-refractivity contribution in [3.8, 4) is 11.1 Å². The van der Waals surface area contributed by atoms with Crippen LogP contribution in [0.2, 0.25) is 0 Å². The van der Waals surface area contributed by atoms with Crippen LogP contribution in [0.25, 0.3) is 11.1 Å². The fourth-order valence-corrected chi connectivity index (χ4v) is 4.77. The number of benzene rings is 1. The van der Waals surface area contributed by atoms with E-state index in [2.05, 4.69) is 74.2 Å².